The molecule has 0 saturated carbocycles. The Morgan fingerprint density at radius 1 is 1.17 bits per heavy atom. The molecule has 3 heterocycles. The maximum absolute atomic E-state index is 12.7. The second kappa shape index (κ2) is 6.49. The van der Waals surface area contributed by atoms with E-state index < -0.39 is 9.84 Å². The number of pyridine rings is 1. The summed E-state index contributed by atoms with van der Waals surface area (Å²) in [7, 11) is -1.40. The van der Waals surface area contributed by atoms with Gasteiger partial charge in [-0.3, -0.25) is 4.79 Å². The lowest BCUT2D eigenvalue weighted by atomic mass is 9.95. The van der Waals surface area contributed by atoms with Crippen molar-refractivity contribution in [2.75, 3.05) is 17.7 Å². The van der Waals surface area contributed by atoms with Crippen LogP contribution in [0.2, 0.25) is 0 Å². The van der Waals surface area contributed by atoms with E-state index in [0.717, 1.165) is 39.9 Å². The Morgan fingerprint density at radius 2 is 1.90 bits per heavy atom. The molecule has 1 aliphatic heterocycles. The van der Waals surface area contributed by atoms with E-state index in [1.165, 1.54) is 6.26 Å². The van der Waals surface area contributed by atoms with E-state index >= 15 is 0 Å². The summed E-state index contributed by atoms with van der Waals surface area (Å²) in [6, 6.07) is 5.89. The van der Waals surface area contributed by atoms with E-state index in [0.29, 0.717) is 12.1 Å². The number of aromatic nitrogens is 2. The standard InChI is InChI=1S/C22H27N3O3S/c1-22(2,3)13-25-10-15-9-23-20-19(15)17(11-24(4)21(20)26)16-8-14(6-7-18(16)25)12-29(5,27)28/h6-9,11,23H,10,12-13H2,1-5H3. The van der Waals surface area contributed by atoms with Gasteiger partial charge in [0.25, 0.3) is 5.56 Å². The summed E-state index contributed by atoms with van der Waals surface area (Å²) in [6.07, 6.45) is 5.04. The van der Waals surface area contributed by atoms with Gasteiger partial charge in [0.05, 0.1) is 5.75 Å². The molecule has 0 fully saturated rings. The molecule has 0 amide bonds. The zero-order chi connectivity index (χ0) is 21.1. The maximum atomic E-state index is 12.7. The Kier molecular flexibility index (Phi) is 4.42. The van der Waals surface area contributed by atoms with Crippen LogP contribution in [0.3, 0.4) is 0 Å². The van der Waals surface area contributed by atoms with Gasteiger partial charge in [-0.15, -0.1) is 0 Å². The lowest BCUT2D eigenvalue weighted by molar-refractivity contribution is 0.409. The predicted molar refractivity (Wildman–Crippen MR) is 118 cm³/mol. The second-order valence-electron chi connectivity index (χ2n) is 9.36. The summed E-state index contributed by atoms with van der Waals surface area (Å²) in [6.45, 7) is 8.12. The third kappa shape index (κ3) is 3.71. The highest BCUT2D eigenvalue weighted by molar-refractivity contribution is 7.89. The van der Waals surface area contributed by atoms with Crippen molar-refractivity contribution in [3.8, 4) is 11.1 Å². The predicted octanol–water partition coefficient (Wildman–Crippen LogP) is 3.44. The third-order valence-electron chi connectivity index (χ3n) is 5.24. The average Bonchev–Trinajstić information content (AvgIpc) is 2.94. The topological polar surface area (TPSA) is 75.2 Å². The molecule has 154 valence electrons. The summed E-state index contributed by atoms with van der Waals surface area (Å²) in [5, 5.41) is 0.933. The number of nitrogens with zero attached hydrogens (tertiary/aromatic N) is 2. The van der Waals surface area contributed by atoms with Crippen LogP contribution in [0.25, 0.3) is 22.0 Å². The number of sulfone groups is 1. The van der Waals surface area contributed by atoms with Crippen LogP contribution >= 0.6 is 0 Å². The zero-order valence-electron chi connectivity index (χ0n) is 17.5. The molecule has 0 unspecified atom stereocenters. The molecule has 7 heteroatoms. The van der Waals surface area contributed by atoms with E-state index in [-0.39, 0.29) is 16.7 Å². The van der Waals surface area contributed by atoms with Gasteiger partial charge in [0.2, 0.25) is 0 Å². The maximum Gasteiger partial charge on any atom is 0.274 e. The van der Waals surface area contributed by atoms with Gasteiger partial charge in [-0.05, 0) is 28.7 Å². The van der Waals surface area contributed by atoms with Gasteiger partial charge >= 0.3 is 0 Å². The Morgan fingerprint density at radius 3 is 2.55 bits per heavy atom. The van der Waals surface area contributed by atoms with Crippen LogP contribution in [0.4, 0.5) is 5.69 Å². The number of anilines is 1. The highest BCUT2D eigenvalue weighted by Gasteiger charge is 2.27. The SMILES string of the molecule is Cn1cc2c3c(c[nH]c3c1=O)CN(CC(C)(C)C)c1ccc(CS(C)(=O)=O)cc1-2. The quantitative estimate of drug-likeness (QED) is 0.714. The number of rotatable bonds is 3. The van der Waals surface area contributed by atoms with Crippen LogP contribution < -0.4 is 10.5 Å². The minimum Gasteiger partial charge on any atom is -0.366 e. The number of benzene rings is 1. The van der Waals surface area contributed by atoms with Gasteiger partial charge < -0.3 is 14.5 Å². The Labute approximate surface area is 171 Å². The van der Waals surface area contributed by atoms with Gasteiger partial charge in [-0.1, -0.05) is 26.8 Å². The summed E-state index contributed by atoms with van der Waals surface area (Å²) in [5.41, 5.74) is 5.43. The largest absolute Gasteiger partial charge is 0.366 e. The van der Waals surface area contributed by atoms with E-state index in [9.17, 15) is 13.2 Å². The normalized spacial score (nSPS) is 14.2. The van der Waals surface area contributed by atoms with Crippen molar-refractivity contribution < 1.29 is 8.42 Å². The number of fused-ring (bicyclic) bond motifs is 2. The van der Waals surface area contributed by atoms with Crippen LogP contribution in [0.5, 0.6) is 0 Å². The molecular formula is C22H27N3O3S. The van der Waals surface area contributed by atoms with E-state index in [1.54, 1.807) is 11.6 Å². The molecule has 1 aromatic carbocycles. The zero-order valence-corrected chi connectivity index (χ0v) is 18.4. The molecule has 2 aromatic heterocycles. The molecule has 0 atom stereocenters. The van der Waals surface area contributed by atoms with Gasteiger partial charge in [0, 0.05) is 61.0 Å². The number of hydrogen-bond donors (Lipinski definition) is 1. The van der Waals surface area contributed by atoms with E-state index in [4.69, 9.17) is 0 Å². The van der Waals surface area contributed by atoms with Crippen LogP contribution in [0.15, 0.2) is 35.4 Å². The summed E-state index contributed by atoms with van der Waals surface area (Å²) < 4.78 is 25.3. The van der Waals surface area contributed by atoms with Crippen molar-refractivity contribution >= 4 is 26.4 Å². The fourth-order valence-corrected chi connectivity index (χ4v) is 5.02. The highest BCUT2D eigenvalue weighted by Crippen LogP contribution is 2.41. The molecule has 0 radical (unpaired) electrons. The van der Waals surface area contributed by atoms with Crippen molar-refractivity contribution in [3.63, 3.8) is 0 Å². The van der Waals surface area contributed by atoms with Crippen molar-refractivity contribution in [2.24, 2.45) is 12.5 Å². The minimum atomic E-state index is -3.15. The van der Waals surface area contributed by atoms with Crippen molar-refractivity contribution in [3.05, 3.63) is 52.1 Å². The van der Waals surface area contributed by atoms with Gasteiger partial charge in [0.1, 0.15) is 5.52 Å². The highest BCUT2D eigenvalue weighted by atomic mass is 32.2. The van der Waals surface area contributed by atoms with Gasteiger partial charge in [0.15, 0.2) is 9.84 Å². The fourth-order valence-electron chi connectivity index (χ4n) is 4.23. The molecule has 3 aromatic rings. The second-order valence-corrected chi connectivity index (χ2v) is 11.5. The minimum absolute atomic E-state index is 0.00550. The van der Waals surface area contributed by atoms with Crippen LogP contribution in [-0.2, 0) is 29.2 Å². The average molecular weight is 414 g/mol. The van der Waals surface area contributed by atoms with Crippen molar-refractivity contribution in [2.45, 2.75) is 33.1 Å². The summed E-state index contributed by atoms with van der Waals surface area (Å²) in [4.78, 5) is 18.2. The lowest BCUT2D eigenvalue weighted by Crippen LogP contribution is -2.32. The smallest absolute Gasteiger partial charge is 0.274 e. The molecule has 29 heavy (non-hydrogen) atoms. The molecular weight excluding hydrogens is 386 g/mol. The number of hydrogen-bond acceptors (Lipinski definition) is 4. The first-order chi connectivity index (χ1) is 13.4. The Hall–Kier alpha value is -2.54. The lowest BCUT2D eigenvalue weighted by Gasteiger charge is -2.32. The molecule has 0 aliphatic carbocycles. The van der Waals surface area contributed by atoms with Crippen molar-refractivity contribution in [1.82, 2.24) is 9.55 Å². The Balaban J connectivity index is 2.02. The Bertz CT molecular complexity index is 1280. The van der Waals surface area contributed by atoms with Crippen LogP contribution in [-0.4, -0.2) is 30.8 Å². The first-order valence-electron chi connectivity index (χ1n) is 9.68. The first kappa shape index (κ1) is 19.8. The summed E-state index contributed by atoms with van der Waals surface area (Å²) in [5.74, 6) is -0.00550. The van der Waals surface area contributed by atoms with Gasteiger partial charge in [-0.25, -0.2) is 8.42 Å². The molecule has 6 nitrogen and oxygen atoms in total. The molecule has 0 bridgehead atoms. The number of H-pyrrole nitrogens is 1. The molecule has 0 saturated heterocycles. The fraction of sp³-hybridized carbons (Fsp3) is 0.409. The first-order valence-corrected chi connectivity index (χ1v) is 11.7. The number of aryl methyl sites for hydroxylation is 1. The molecule has 1 aliphatic rings. The van der Waals surface area contributed by atoms with Crippen LogP contribution in [0.1, 0.15) is 31.9 Å². The third-order valence-corrected chi connectivity index (χ3v) is 6.09. The van der Waals surface area contributed by atoms with E-state index in [1.807, 2.05) is 30.6 Å². The number of nitrogens with one attached hydrogen (secondary N) is 1. The molecule has 0 spiro atoms. The molecule has 1 N–H and O–H groups in total. The number of aromatic amines is 1. The summed E-state index contributed by atoms with van der Waals surface area (Å²) >= 11 is 0. The van der Waals surface area contributed by atoms with E-state index in [2.05, 4.69) is 30.7 Å². The van der Waals surface area contributed by atoms with Crippen LogP contribution in [0, 0.1) is 5.41 Å². The molecule has 4 rings (SSSR count). The monoisotopic (exact) mass is 413 g/mol. The van der Waals surface area contributed by atoms with Gasteiger partial charge in [-0.2, -0.15) is 0 Å². The van der Waals surface area contributed by atoms with Crippen molar-refractivity contribution in [1.29, 1.82) is 0 Å².